The summed E-state index contributed by atoms with van der Waals surface area (Å²) in [6.45, 7) is 7.93. The SMILES string of the molecule is CCN(CCO)CCCC(C)N1CC(S)CC1=O. The fourth-order valence-electron chi connectivity index (χ4n) is 2.47. The first-order valence-electron chi connectivity index (χ1n) is 6.89. The maximum absolute atomic E-state index is 11.7. The van der Waals surface area contributed by atoms with Gasteiger partial charge in [0.05, 0.1) is 6.61 Å². The number of likely N-dealkylation sites (N-methyl/N-ethyl adjacent to an activating group) is 1. The Balaban J connectivity index is 2.24. The van der Waals surface area contributed by atoms with Crippen molar-refractivity contribution in [1.82, 2.24) is 9.80 Å². The zero-order valence-electron chi connectivity index (χ0n) is 11.5. The van der Waals surface area contributed by atoms with Crippen LogP contribution in [0.3, 0.4) is 0 Å². The molecule has 5 heteroatoms. The summed E-state index contributed by atoms with van der Waals surface area (Å²) >= 11 is 4.37. The molecule has 1 amide bonds. The molecule has 18 heavy (non-hydrogen) atoms. The van der Waals surface area contributed by atoms with E-state index in [9.17, 15) is 4.79 Å². The van der Waals surface area contributed by atoms with Gasteiger partial charge >= 0.3 is 0 Å². The number of rotatable bonds is 8. The first kappa shape index (κ1) is 15.8. The minimum absolute atomic E-state index is 0.210. The first-order valence-corrected chi connectivity index (χ1v) is 7.40. The third-order valence-corrected chi connectivity index (χ3v) is 3.98. The monoisotopic (exact) mass is 274 g/mol. The van der Waals surface area contributed by atoms with Crippen LogP contribution in [0.25, 0.3) is 0 Å². The van der Waals surface area contributed by atoms with Gasteiger partial charge < -0.3 is 14.9 Å². The smallest absolute Gasteiger partial charge is 0.224 e. The molecule has 1 aliphatic heterocycles. The minimum atomic E-state index is 0.210. The molecule has 0 radical (unpaired) electrons. The van der Waals surface area contributed by atoms with E-state index in [0.717, 1.165) is 39.0 Å². The van der Waals surface area contributed by atoms with Crippen molar-refractivity contribution in [2.24, 2.45) is 0 Å². The molecule has 0 aromatic carbocycles. The van der Waals surface area contributed by atoms with Crippen molar-refractivity contribution in [3.63, 3.8) is 0 Å². The summed E-state index contributed by atoms with van der Waals surface area (Å²) < 4.78 is 0. The van der Waals surface area contributed by atoms with Crippen LogP contribution in [0.4, 0.5) is 0 Å². The number of aliphatic hydroxyl groups excluding tert-OH is 1. The summed E-state index contributed by atoms with van der Waals surface area (Å²) in [5.41, 5.74) is 0. The predicted octanol–water partition coefficient (Wildman–Crippen LogP) is 1.00. The van der Waals surface area contributed by atoms with Crippen molar-refractivity contribution in [3.8, 4) is 0 Å². The summed E-state index contributed by atoms with van der Waals surface area (Å²) in [6, 6.07) is 0.308. The second-order valence-electron chi connectivity index (χ2n) is 5.05. The molecule has 1 fully saturated rings. The van der Waals surface area contributed by atoms with Gasteiger partial charge in [0.25, 0.3) is 0 Å². The summed E-state index contributed by atoms with van der Waals surface area (Å²) in [5.74, 6) is 0.241. The quantitative estimate of drug-likeness (QED) is 0.649. The molecule has 4 nitrogen and oxygen atoms in total. The molecule has 1 N–H and O–H groups in total. The number of hydrogen-bond acceptors (Lipinski definition) is 4. The lowest BCUT2D eigenvalue weighted by molar-refractivity contribution is -0.129. The van der Waals surface area contributed by atoms with Crippen molar-refractivity contribution >= 4 is 18.5 Å². The van der Waals surface area contributed by atoms with Crippen molar-refractivity contribution in [2.45, 2.75) is 44.4 Å². The first-order chi connectivity index (χ1) is 8.58. The van der Waals surface area contributed by atoms with Gasteiger partial charge in [0, 0.05) is 30.8 Å². The standard InChI is InChI=1S/C13H26N2O2S/c1-3-14(7-8-16)6-4-5-11(2)15-10-12(18)9-13(15)17/h11-12,16,18H,3-10H2,1-2H3. The van der Waals surface area contributed by atoms with Gasteiger partial charge in [-0.15, -0.1) is 0 Å². The zero-order valence-corrected chi connectivity index (χ0v) is 12.4. The number of nitrogens with zero attached hydrogens (tertiary/aromatic N) is 2. The van der Waals surface area contributed by atoms with Gasteiger partial charge in [-0.1, -0.05) is 6.92 Å². The summed E-state index contributed by atoms with van der Waals surface area (Å²) in [4.78, 5) is 15.9. The average Bonchev–Trinajstić information content (AvgIpc) is 2.67. The molecule has 0 aliphatic carbocycles. The van der Waals surface area contributed by atoms with Crippen LogP contribution in [0.15, 0.2) is 0 Å². The number of carbonyl (C=O) groups excluding carboxylic acids is 1. The van der Waals surface area contributed by atoms with Crippen molar-refractivity contribution in [2.75, 3.05) is 32.8 Å². The Hall–Kier alpha value is -0.260. The number of aliphatic hydroxyl groups is 1. The number of amides is 1. The molecule has 2 unspecified atom stereocenters. The van der Waals surface area contributed by atoms with Gasteiger partial charge in [-0.05, 0) is 32.9 Å². The Kier molecular flexibility index (Phi) is 7.04. The van der Waals surface area contributed by atoms with Gasteiger partial charge in [0.2, 0.25) is 5.91 Å². The fraction of sp³-hybridized carbons (Fsp3) is 0.923. The summed E-state index contributed by atoms with van der Waals surface area (Å²) in [5, 5.41) is 9.12. The van der Waals surface area contributed by atoms with Crippen LogP contribution in [-0.4, -0.2) is 64.9 Å². The van der Waals surface area contributed by atoms with E-state index in [1.54, 1.807) is 0 Å². The highest BCUT2D eigenvalue weighted by Crippen LogP contribution is 2.20. The zero-order chi connectivity index (χ0) is 13.5. The van der Waals surface area contributed by atoms with Crippen molar-refractivity contribution in [1.29, 1.82) is 0 Å². The maximum Gasteiger partial charge on any atom is 0.224 e. The van der Waals surface area contributed by atoms with Crippen LogP contribution in [0.2, 0.25) is 0 Å². The van der Waals surface area contributed by atoms with E-state index >= 15 is 0 Å². The van der Waals surface area contributed by atoms with E-state index < -0.39 is 0 Å². The molecule has 1 aliphatic rings. The molecule has 0 aromatic rings. The molecule has 2 atom stereocenters. The Morgan fingerprint density at radius 2 is 2.28 bits per heavy atom. The van der Waals surface area contributed by atoms with E-state index in [4.69, 9.17) is 5.11 Å². The van der Waals surface area contributed by atoms with E-state index in [1.165, 1.54) is 0 Å². The Labute approximate surface area is 116 Å². The highest BCUT2D eigenvalue weighted by Gasteiger charge is 2.30. The van der Waals surface area contributed by atoms with Crippen molar-refractivity contribution < 1.29 is 9.90 Å². The van der Waals surface area contributed by atoms with Gasteiger partial charge in [-0.3, -0.25) is 4.79 Å². The normalized spacial score (nSPS) is 21.9. The van der Waals surface area contributed by atoms with E-state index in [2.05, 4.69) is 31.4 Å². The minimum Gasteiger partial charge on any atom is -0.395 e. The lowest BCUT2D eigenvalue weighted by Gasteiger charge is -2.26. The topological polar surface area (TPSA) is 43.8 Å². The van der Waals surface area contributed by atoms with Gasteiger partial charge in [-0.25, -0.2) is 0 Å². The number of thiol groups is 1. The number of hydrogen-bond donors (Lipinski definition) is 2. The number of carbonyl (C=O) groups is 1. The number of likely N-dealkylation sites (tertiary alicyclic amines) is 1. The molecular weight excluding hydrogens is 248 g/mol. The molecule has 1 rings (SSSR count). The largest absolute Gasteiger partial charge is 0.395 e. The second kappa shape index (κ2) is 8.02. The van der Waals surface area contributed by atoms with E-state index in [0.29, 0.717) is 12.5 Å². The summed E-state index contributed by atoms with van der Waals surface area (Å²) in [6.07, 6.45) is 2.67. The maximum atomic E-state index is 11.7. The molecule has 0 spiro atoms. The highest BCUT2D eigenvalue weighted by atomic mass is 32.1. The molecule has 1 heterocycles. The Morgan fingerprint density at radius 3 is 2.78 bits per heavy atom. The Bertz CT molecular complexity index is 263. The van der Waals surface area contributed by atoms with E-state index in [1.807, 2.05) is 4.90 Å². The Morgan fingerprint density at radius 1 is 1.56 bits per heavy atom. The van der Waals surface area contributed by atoms with Gasteiger partial charge in [0.15, 0.2) is 0 Å². The summed E-state index contributed by atoms with van der Waals surface area (Å²) in [7, 11) is 0. The lowest BCUT2D eigenvalue weighted by Crippen LogP contribution is -2.35. The van der Waals surface area contributed by atoms with Gasteiger partial charge in [-0.2, -0.15) is 12.6 Å². The van der Waals surface area contributed by atoms with Crippen LogP contribution in [0.5, 0.6) is 0 Å². The fourth-order valence-corrected chi connectivity index (χ4v) is 2.81. The van der Waals surface area contributed by atoms with Crippen LogP contribution >= 0.6 is 12.6 Å². The van der Waals surface area contributed by atoms with Crippen LogP contribution < -0.4 is 0 Å². The molecular formula is C13H26N2O2S. The molecule has 1 saturated heterocycles. The lowest BCUT2D eigenvalue weighted by atomic mass is 10.1. The molecule has 0 bridgehead atoms. The molecule has 106 valence electrons. The van der Waals surface area contributed by atoms with E-state index in [-0.39, 0.29) is 17.8 Å². The van der Waals surface area contributed by atoms with Gasteiger partial charge in [0.1, 0.15) is 0 Å². The van der Waals surface area contributed by atoms with Crippen molar-refractivity contribution in [3.05, 3.63) is 0 Å². The molecule has 0 saturated carbocycles. The average molecular weight is 274 g/mol. The van der Waals surface area contributed by atoms with Crippen LogP contribution in [0, 0.1) is 0 Å². The van der Waals surface area contributed by atoms with Crippen LogP contribution in [-0.2, 0) is 4.79 Å². The molecule has 0 aromatic heterocycles. The third kappa shape index (κ3) is 4.78. The predicted molar refractivity (Wildman–Crippen MR) is 77.0 cm³/mol. The third-order valence-electron chi connectivity index (χ3n) is 3.63. The van der Waals surface area contributed by atoms with Crippen LogP contribution in [0.1, 0.15) is 33.1 Å². The highest BCUT2D eigenvalue weighted by molar-refractivity contribution is 7.81. The second-order valence-corrected chi connectivity index (χ2v) is 5.78.